The summed E-state index contributed by atoms with van der Waals surface area (Å²) in [7, 11) is 0.676. The zero-order valence-electron chi connectivity index (χ0n) is 14.5. The second-order valence-corrected chi connectivity index (χ2v) is 5.30. The van der Waals surface area contributed by atoms with Crippen LogP contribution < -0.4 is 4.57 Å². The molecule has 0 amide bonds. The highest BCUT2D eigenvalue weighted by atomic mass is 19.4. The third-order valence-corrected chi connectivity index (χ3v) is 3.38. The number of aliphatic carboxylic acids is 1. The predicted octanol–water partition coefficient (Wildman–Crippen LogP) is 1.28. The summed E-state index contributed by atoms with van der Waals surface area (Å²) < 4.78 is 39.9. The number of carbonyl (C=O) groups excluding carboxylic acids is 1. The molecule has 3 aromatic heterocycles. The molecule has 9 nitrogen and oxygen atoms in total. The van der Waals surface area contributed by atoms with Gasteiger partial charge in [0.1, 0.15) is 18.4 Å². The minimum absolute atomic E-state index is 0.0992. The molecule has 3 heterocycles. The number of carbonyl (C=O) groups is 2. The van der Waals surface area contributed by atoms with Gasteiger partial charge in [-0.3, -0.25) is 14.2 Å². The van der Waals surface area contributed by atoms with Crippen molar-refractivity contribution in [3.05, 3.63) is 43.2 Å². The van der Waals surface area contributed by atoms with Crippen molar-refractivity contribution >= 4 is 17.6 Å². The number of rotatable bonds is 4. The molecule has 12 heteroatoms. The van der Waals surface area contributed by atoms with Crippen LogP contribution in [0.2, 0.25) is 0 Å². The number of hydrogen-bond donors (Lipinski definition) is 1. The molecule has 0 radical (unpaired) electrons. The van der Waals surface area contributed by atoms with Gasteiger partial charge >= 0.3 is 18.1 Å². The fraction of sp³-hybridized carbons (Fsp3) is 0.250. The fourth-order valence-corrected chi connectivity index (χ4v) is 2.07. The van der Waals surface area contributed by atoms with Gasteiger partial charge in [0.25, 0.3) is 0 Å². The van der Waals surface area contributed by atoms with Gasteiger partial charge in [-0.1, -0.05) is 0 Å². The van der Waals surface area contributed by atoms with Crippen molar-refractivity contribution in [3.63, 3.8) is 0 Å². The van der Waals surface area contributed by atoms with E-state index in [9.17, 15) is 22.8 Å². The van der Waals surface area contributed by atoms with Crippen molar-refractivity contribution in [1.82, 2.24) is 19.6 Å². The molecule has 28 heavy (non-hydrogen) atoms. The summed E-state index contributed by atoms with van der Waals surface area (Å²) in [4.78, 5) is 24.3. The molecule has 0 saturated heterocycles. The van der Waals surface area contributed by atoms with Crippen molar-refractivity contribution in [2.75, 3.05) is 7.11 Å². The van der Waals surface area contributed by atoms with E-state index in [0.717, 1.165) is 11.3 Å². The lowest BCUT2D eigenvalue weighted by Gasteiger charge is -2.01. The molecule has 0 aliphatic carbocycles. The Bertz CT molecular complexity index is 957. The molecule has 0 aromatic carbocycles. The lowest BCUT2D eigenvalue weighted by molar-refractivity contribution is -0.695. The van der Waals surface area contributed by atoms with Crippen LogP contribution in [0.5, 0.6) is 0 Å². The Hall–Kier alpha value is -3.57. The minimum atomic E-state index is -4.85. The number of alkyl halides is 3. The van der Waals surface area contributed by atoms with Gasteiger partial charge in [-0.05, 0) is 0 Å². The number of carboxylic acid groups (broad SMARTS) is 1. The molecular formula is C16H15F3N5O4+. The Morgan fingerprint density at radius 2 is 1.96 bits per heavy atom. The molecule has 148 valence electrons. The number of methoxy groups -OCH3 is 1. The summed E-state index contributed by atoms with van der Waals surface area (Å²) in [6.45, 7) is 0.443. The van der Waals surface area contributed by atoms with E-state index >= 15 is 0 Å². The monoisotopic (exact) mass is 398 g/mol. The van der Waals surface area contributed by atoms with Crippen LogP contribution in [0.4, 0.5) is 13.2 Å². The van der Waals surface area contributed by atoms with Crippen LogP contribution in [0, 0.1) is 0 Å². The van der Waals surface area contributed by atoms with Crippen molar-refractivity contribution < 1.29 is 37.2 Å². The number of pyridine rings is 1. The average molecular weight is 398 g/mol. The number of aromatic nitrogens is 5. The number of esters is 1. The highest BCUT2D eigenvalue weighted by Crippen LogP contribution is 2.18. The van der Waals surface area contributed by atoms with Crippen molar-refractivity contribution in [3.8, 4) is 11.3 Å². The highest BCUT2D eigenvalue weighted by Gasteiger charge is 2.40. The van der Waals surface area contributed by atoms with Crippen molar-refractivity contribution in [2.45, 2.75) is 19.1 Å². The first-order chi connectivity index (χ1) is 13.2. The van der Waals surface area contributed by atoms with Crippen molar-refractivity contribution in [2.24, 2.45) is 0 Å². The highest BCUT2D eigenvalue weighted by molar-refractivity contribution is 5.75. The maximum atomic E-state index is 11.0. The predicted molar refractivity (Wildman–Crippen MR) is 86.7 cm³/mol. The number of nitrogens with zero attached hydrogens (tertiary/aromatic N) is 5. The van der Waals surface area contributed by atoms with Crippen LogP contribution in [0.3, 0.4) is 0 Å². The molecule has 0 saturated carbocycles. The fourth-order valence-electron chi connectivity index (χ4n) is 2.07. The standard InChI is InChI=1S/C13H11N5O2.C3H3F3O2/c19-11(20)3-7-17-5-1-10(2-6-17)12-13-16-15-9-18(13)8-4-14-12;1-8-2(7)3(4,5)6/h1-2,4-6,8-9H,3,7H2;1H3/p+1. The van der Waals surface area contributed by atoms with E-state index in [1.165, 1.54) is 0 Å². The number of hydrogen-bond acceptors (Lipinski definition) is 6. The first kappa shape index (κ1) is 20.7. The average Bonchev–Trinajstić information content (AvgIpc) is 3.14. The lowest BCUT2D eigenvalue weighted by Crippen LogP contribution is -2.33. The lowest BCUT2D eigenvalue weighted by atomic mass is 10.2. The topological polar surface area (TPSA) is 111 Å². The normalized spacial score (nSPS) is 10.9. The summed E-state index contributed by atoms with van der Waals surface area (Å²) in [6.07, 6.45) is 4.01. The van der Waals surface area contributed by atoms with Gasteiger partial charge in [-0.15, -0.1) is 10.2 Å². The molecule has 0 aliphatic rings. The van der Waals surface area contributed by atoms with Gasteiger partial charge in [0.2, 0.25) is 0 Å². The van der Waals surface area contributed by atoms with E-state index in [1.54, 1.807) is 23.1 Å². The summed E-state index contributed by atoms with van der Waals surface area (Å²) in [5.74, 6) is -2.98. The first-order valence-electron chi connectivity index (χ1n) is 7.73. The van der Waals surface area contributed by atoms with Gasteiger partial charge in [-0.25, -0.2) is 9.36 Å². The number of halogens is 3. The Kier molecular flexibility index (Phi) is 6.58. The van der Waals surface area contributed by atoms with Crippen LogP contribution in [-0.4, -0.2) is 49.9 Å². The van der Waals surface area contributed by atoms with E-state index in [2.05, 4.69) is 19.9 Å². The number of aryl methyl sites for hydroxylation is 1. The number of fused-ring (bicyclic) bond motifs is 1. The van der Waals surface area contributed by atoms with Crippen LogP contribution >= 0.6 is 0 Å². The molecular weight excluding hydrogens is 383 g/mol. The first-order valence-corrected chi connectivity index (χ1v) is 7.73. The quantitative estimate of drug-likeness (QED) is 0.521. The van der Waals surface area contributed by atoms with Crippen molar-refractivity contribution in [1.29, 1.82) is 0 Å². The van der Waals surface area contributed by atoms with Gasteiger partial charge in [0.15, 0.2) is 24.6 Å². The molecule has 0 fully saturated rings. The van der Waals surface area contributed by atoms with E-state index in [-0.39, 0.29) is 6.42 Å². The van der Waals surface area contributed by atoms with E-state index in [0.29, 0.717) is 19.3 Å². The summed E-state index contributed by atoms with van der Waals surface area (Å²) >= 11 is 0. The van der Waals surface area contributed by atoms with E-state index in [4.69, 9.17) is 5.11 Å². The largest absolute Gasteiger partial charge is 0.490 e. The molecule has 0 spiro atoms. The van der Waals surface area contributed by atoms with Gasteiger partial charge in [-0.2, -0.15) is 13.2 Å². The van der Waals surface area contributed by atoms with Crippen LogP contribution in [-0.2, 0) is 20.9 Å². The van der Waals surface area contributed by atoms with Crippen LogP contribution in [0.25, 0.3) is 16.9 Å². The molecule has 0 aliphatic heterocycles. The smallest absolute Gasteiger partial charge is 0.481 e. The molecule has 0 bridgehead atoms. The molecule has 1 N–H and O–H groups in total. The molecule has 0 atom stereocenters. The Labute approximate surface area is 156 Å². The van der Waals surface area contributed by atoms with E-state index in [1.807, 2.05) is 29.1 Å². The summed E-state index contributed by atoms with van der Waals surface area (Å²) in [5, 5.41) is 16.6. The summed E-state index contributed by atoms with van der Waals surface area (Å²) in [5.41, 5.74) is 2.35. The summed E-state index contributed by atoms with van der Waals surface area (Å²) in [6, 6.07) is 3.78. The van der Waals surface area contributed by atoms with Crippen LogP contribution in [0.15, 0.2) is 43.2 Å². The zero-order valence-corrected chi connectivity index (χ0v) is 14.5. The molecule has 0 unspecified atom stereocenters. The second-order valence-electron chi connectivity index (χ2n) is 5.30. The number of ether oxygens (including phenoxy) is 1. The molecule has 3 aromatic rings. The maximum Gasteiger partial charge on any atom is 0.490 e. The van der Waals surface area contributed by atoms with Gasteiger partial charge in [0.05, 0.1) is 7.11 Å². The Morgan fingerprint density at radius 1 is 1.29 bits per heavy atom. The third-order valence-electron chi connectivity index (χ3n) is 3.38. The van der Waals surface area contributed by atoms with E-state index < -0.39 is 18.1 Å². The zero-order chi connectivity index (χ0) is 20.7. The maximum absolute atomic E-state index is 11.0. The van der Waals surface area contributed by atoms with Crippen LogP contribution in [0.1, 0.15) is 6.42 Å². The Morgan fingerprint density at radius 3 is 2.50 bits per heavy atom. The minimum Gasteiger partial charge on any atom is -0.481 e. The molecule has 3 rings (SSSR count). The number of carboxylic acids is 1. The van der Waals surface area contributed by atoms with Gasteiger partial charge in [0, 0.05) is 30.1 Å². The SMILES string of the molecule is COC(=O)C(F)(F)F.O=C(O)CC[n+]1ccc(-c2nccn3cnnc23)cc1. The second kappa shape index (κ2) is 8.88. The van der Waals surface area contributed by atoms with Gasteiger partial charge < -0.3 is 9.84 Å². The Balaban J connectivity index is 0.000000300. The third kappa shape index (κ3) is 5.46.